The first-order chi connectivity index (χ1) is 28.8. The van der Waals surface area contributed by atoms with E-state index in [9.17, 15) is 0 Å². The van der Waals surface area contributed by atoms with E-state index in [1.54, 1.807) is 0 Å². The van der Waals surface area contributed by atoms with Crippen molar-refractivity contribution in [1.29, 1.82) is 0 Å². The summed E-state index contributed by atoms with van der Waals surface area (Å²) in [4.78, 5) is 0. The van der Waals surface area contributed by atoms with Crippen LogP contribution in [0.25, 0.3) is 110 Å². The number of rotatable bonds is 4. The molecule has 58 heavy (non-hydrogen) atoms. The Morgan fingerprint density at radius 3 is 0.672 bits per heavy atom. The van der Waals surface area contributed by atoms with Gasteiger partial charge in [-0.05, 0) is 97.1 Å². The van der Waals surface area contributed by atoms with Crippen LogP contribution in [-0.2, 0) is 0 Å². The topological polar surface area (TPSA) is 19.7 Å². The van der Waals surface area contributed by atoms with Crippen LogP contribution in [0.15, 0.2) is 206 Å². The van der Waals surface area contributed by atoms with Crippen LogP contribution in [-0.4, -0.2) is 18.3 Å². The third kappa shape index (κ3) is 4.18. The highest BCUT2D eigenvalue weighted by Gasteiger charge is 2.22. The van der Waals surface area contributed by atoms with E-state index in [1.165, 1.54) is 98.6 Å². The summed E-state index contributed by atoms with van der Waals surface area (Å²) in [6.45, 7) is 0. The number of hydrogen-bond donors (Lipinski definition) is 0. The summed E-state index contributed by atoms with van der Waals surface area (Å²) < 4.78 is 9.70. The van der Waals surface area contributed by atoms with E-state index in [2.05, 4.69) is 225 Å². The maximum atomic E-state index is 2.44. The standard InChI is InChI=1S/C54H34N4/c1-3-15-35(16-4-1)55-43-23-11-7-19-39(43)51-47(55)31-33-49-53(51)41-21-9-13-25-45(41)57(49)37-27-29-38(30-28-37)58-46-26-14-10-22-42(46)54-50(58)34-32-48-52(54)40-20-8-12-24-44(40)56(48)36-17-5-2-6-18-36/h1-34H. The van der Waals surface area contributed by atoms with Gasteiger partial charge in [0, 0.05) is 65.8 Å². The van der Waals surface area contributed by atoms with Crippen molar-refractivity contribution in [2.75, 3.05) is 0 Å². The molecular formula is C54H34N4. The van der Waals surface area contributed by atoms with Gasteiger partial charge >= 0.3 is 0 Å². The Morgan fingerprint density at radius 2 is 0.397 bits per heavy atom. The van der Waals surface area contributed by atoms with Gasteiger partial charge in [-0.25, -0.2) is 0 Å². The Morgan fingerprint density at radius 1 is 0.172 bits per heavy atom. The van der Waals surface area contributed by atoms with Crippen molar-refractivity contribution in [1.82, 2.24) is 18.3 Å². The molecule has 4 aromatic heterocycles. The van der Waals surface area contributed by atoms with Crippen LogP contribution in [0.4, 0.5) is 0 Å². The predicted molar refractivity (Wildman–Crippen MR) is 244 cm³/mol. The number of aromatic nitrogens is 4. The summed E-state index contributed by atoms with van der Waals surface area (Å²) in [5.41, 5.74) is 14.3. The normalized spacial score (nSPS) is 12.1. The minimum absolute atomic E-state index is 1.13. The van der Waals surface area contributed by atoms with Gasteiger partial charge in [-0.1, -0.05) is 109 Å². The number of para-hydroxylation sites is 6. The van der Waals surface area contributed by atoms with Crippen molar-refractivity contribution in [2.45, 2.75) is 0 Å². The number of fused-ring (bicyclic) bond motifs is 14. The fourth-order valence-corrected chi connectivity index (χ4v) is 10.1. The van der Waals surface area contributed by atoms with E-state index in [-0.39, 0.29) is 0 Å². The molecule has 0 saturated carbocycles. The minimum Gasteiger partial charge on any atom is -0.309 e. The molecule has 0 saturated heterocycles. The number of hydrogen-bond acceptors (Lipinski definition) is 0. The second-order valence-corrected chi connectivity index (χ2v) is 15.3. The van der Waals surface area contributed by atoms with Crippen LogP contribution in [0.3, 0.4) is 0 Å². The van der Waals surface area contributed by atoms with Crippen molar-refractivity contribution in [3.63, 3.8) is 0 Å². The Hall–Kier alpha value is -7.82. The van der Waals surface area contributed by atoms with E-state index in [0.717, 1.165) is 11.4 Å². The highest BCUT2D eigenvalue weighted by molar-refractivity contribution is 6.30. The molecule has 0 spiro atoms. The second-order valence-electron chi connectivity index (χ2n) is 15.3. The predicted octanol–water partition coefficient (Wildman–Crippen LogP) is 14.1. The third-order valence-electron chi connectivity index (χ3n) is 12.3. The molecule has 0 atom stereocenters. The maximum Gasteiger partial charge on any atom is 0.0548 e. The Labute approximate surface area is 333 Å². The van der Waals surface area contributed by atoms with Crippen LogP contribution in [0.2, 0.25) is 0 Å². The van der Waals surface area contributed by atoms with E-state index < -0.39 is 0 Å². The molecule has 0 radical (unpaired) electrons. The van der Waals surface area contributed by atoms with Gasteiger partial charge in [-0.2, -0.15) is 0 Å². The summed E-state index contributed by atoms with van der Waals surface area (Å²) in [7, 11) is 0. The summed E-state index contributed by atoms with van der Waals surface area (Å²) in [5.74, 6) is 0. The zero-order chi connectivity index (χ0) is 37.9. The van der Waals surface area contributed by atoms with E-state index in [0.29, 0.717) is 0 Å². The summed E-state index contributed by atoms with van der Waals surface area (Å²) in [6, 6.07) is 75.2. The van der Waals surface area contributed by atoms with E-state index >= 15 is 0 Å². The molecule has 0 unspecified atom stereocenters. The molecule has 0 bridgehead atoms. The third-order valence-corrected chi connectivity index (χ3v) is 12.3. The van der Waals surface area contributed by atoms with Gasteiger partial charge in [-0.15, -0.1) is 0 Å². The van der Waals surface area contributed by atoms with Gasteiger partial charge in [0.05, 0.1) is 44.1 Å². The smallest absolute Gasteiger partial charge is 0.0548 e. The fraction of sp³-hybridized carbons (Fsp3) is 0. The molecule has 4 nitrogen and oxygen atoms in total. The zero-order valence-corrected chi connectivity index (χ0v) is 31.4. The Kier molecular flexibility index (Phi) is 6.41. The van der Waals surface area contributed by atoms with E-state index in [1.807, 2.05) is 0 Å². The molecule has 0 amide bonds. The highest BCUT2D eigenvalue weighted by Crippen LogP contribution is 2.44. The average molecular weight is 739 g/mol. The molecule has 0 aliphatic heterocycles. The SMILES string of the molecule is c1ccc(-n2c3ccccc3c3c4c5ccccc5n(-c5ccc(-n6c7ccccc7c7c8c9ccccc9n(-c9ccccc9)c8ccc76)cc5)c4ccc32)cc1. The lowest BCUT2D eigenvalue weighted by molar-refractivity contribution is 1.14. The number of benzene rings is 9. The first-order valence-electron chi connectivity index (χ1n) is 20.0. The van der Waals surface area contributed by atoms with Crippen molar-refractivity contribution in [3.8, 4) is 22.7 Å². The molecule has 0 aliphatic carbocycles. The average Bonchev–Trinajstić information content (AvgIpc) is 4.02. The monoisotopic (exact) mass is 738 g/mol. The van der Waals surface area contributed by atoms with Gasteiger partial charge in [0.25, 0.3) is 0 Å². The van der Waals surface area contributed by atoms with Crippen molar-refractivity contribution in [3.05, 3.63) is 206 Å². The fourth-order valence-electron chi connectivity index (χ4n) is 10.1. The van der Waals surface area contributed by atoms with Crippen molar-refractivity contribution in [2.24, 2.45) is 0 Å². The number of nitrogens with zero attached hydrogens (tertiary/aromatic N) is 4. The molecule has 13 aromatic rings. The molecule has 0 aliphatic rings. The van der Waals surface area contributed by atoms with Crippen molar-refractivity contribution >= 4 is 87.2 Å². The molecule has 9 aromatic carbocycles. The second kappa shape index (κ2) is 11.8. The van der Waals surface area contributed by atoms with Crippen LogP contribution in [0.1, 0.15) is 0 Å². The lowest BCUT2D eigenvalue weighted by Gasteiger charge is -2.12. The summed E-state index contributed by atoms with van der Waals surface area (Å²) in [5, 5.41) is 10.2. The van der Waals surface area contributed by atoms with Crippen LogP contribution in [0.5, 0.6) is 0 Å². The molecule has 4 heterocycles. The lowest BCUT2D eigenvalue weighted by atomic mass is 10.1. The van der Waals surface area contributed by atoms with Gasteiger partial charge in [0.1, 0.15) is 0 Å². The van der Waals surface area contributed by atoms with Crippen molar-refractivity contribution < 1.29 is 0 Å². The van der Waals surface area contributed by atoms with E-state index in [4.69, 9.17) is 0 Å². The Balaban J connectivity index is 1.04. The van der Waals surface area contributed by atoms with Gasteiger partial charge in [0.2, 0.25) is 0 Å². The summed E-state index contributed by atoms with van der Waals surface area (Å²) >= 11 is 0. The van der Waals surface area contributed by atoms with Gasteiger partial charge in [0.15, 0.2) is 0 Å². The first-order valence-corrected chi connectivity index (χ1v) is 20.0. The van der Waals surface area contributed by atoms with Crippen LogP contribution in [0, 0.1) is 0 Å². The quantitative estimate of drug-likeness (QED) is 0.171. The first kappa shape index (κ1) is 31.4. The minimum atomic E-state index is 1.13. The highest BCUT2D eigenvalue weighted by atomic mass is 15.0. The molecule has 270 valence electrons. The van der Waals surface area contributed by atoms with Crippen LogP contribution < -0.4 is 0 Å². The molecule has 13 rings (SSSR count). The maximum absolute atomic E-state index is 2.44. The Bertz CT molecular complexity index is 3520. The van der Waals surface area contributed by atoms with Gasteiger partial charge in [-0.3, -0.25) is 0 Å². The van der Waals surface area contributed by atoms with Crippen LogP contribution >= 0.6 is 0 Å². The zero-order valence-electron chi connectivity index (χ0n) is 31.4. The lowest BCUT2D eigenvalue weighted by Crippen LogP contribution is -1.97. The summed E-state index contributed by atoms with van der Waals surface area (Å²) in [6.07, 6.45) is 0. The molecule has 0 N–H and O–H groups in total. The molecule has 0 fully saturated rings. The largest absolute Gasteiger partial charge is 0.309 e. The molecule has 4 heteroatoms. The molecular weight excluding hydrogens is 705 g/mol. The van der Waals surface area contributed by atoms with Gasteiger partial charge < -0.3 is 18.3 Å².